The summed E-state index contributed by atoms with van der Waals surface area (Å²) in [7, 11) is 0. The zero-order valence-corrected chi connectivity index (χ0v) is 25.7. The molecular formula is C46H33N. The van der Waals surface area contributed by atoms with Gasteiger partial charge in [0.25, 0.3) is 0 Å². The second-order valence-corrected chi connectivity index (χ2v) is 11.5. The molecule has 0 unspecified atom stereocenters. The summed E-state index contributed by atoms with van der Waals surface area (Å²) < 4.78 is 36.9. The van der Waals surface area contributed by atoms with Gasteiger partial charge < -0.3 is 4.90 Å². The molecule has 0 aliphatic heterocycles. The average molecular weight is 604 g/mol. The molecule has 0 heterocycles. The van der Waals surface area contributed by atoms with Crippen LogP contribution in [0.5, 0.6) is 0 Å². The van der Waals surface area contributed by atoms with Crippen LogP contribution in [-0.2, 0) is 0 Å². The predicted octanol–water partition coefficient (Wildman–Crippen LogP) is 13.0. The third-order valence-corrected chi connectivity index (χ3v) is 8.51. The highest BCUT2D eigenvalue weighted by Crippen LogP contribution is 2.37. The van der Waals surface area contributed by atoms with E-state index in [1.54, 1.807) is 0 Å². The molecule has 0 saturated heterocycles. The molecule has 0 radical (unpaired) electrons. The summed E-state index contributed by atoms with van der Waals surface area (Å²) in [6.45, 7) is 0. The Labute approximate surface area is 282 Å². The van der Waals surface area contributed by atoms with Crippen LogP contribution >= 0.6 is 0 Å². The maximum absolute atomic E-state index is 9.27. The largest absolute Gasteiger partial charge is 0.311 e. The van der Waals surface area contributed by atoms with Crippen LogP contribution in [0.15, 0.2) is 200 Å². The average Bonchev–Trinajstić information content (AvgIpc) is 3.19. The molecule has 8 aromatic rings. The van der Waals surface area contributed by atoms with Crippen molar-refractivity contribution < 1.29 is 5.48 Å². The van der Waals surface area contributed by atoms with E-state index in [1.807, 2.05) is 114 Å². The van der Waals surface area contributed by atoms with Gasteiger partial charge in [0.15, 0.2) is 0 Å². The molecule has 1 nitrogen and oxygen atoms in total. The van der Waals surface area contributed by atoms with Gasteiger partial charge in [0.05, 0.1) is 5.48 Å². The highest BCUT2D eigenvalue weighted by Gasteiger charge is 2.13. The highest BCUT2D eigenvalue weighted by atomic mass is 15.1. The molecule has 8 rings (SSSR count). The lowest BCUT2D eigenvalue weighted by Crippen LogP contribution is -2.09. The van der Waals surface area contributed by atoms with Crippen LogP contribution in [0.25, 0.3) is 55.3 Å². The molecule has 0 atom stereocenters. The fraction of sp³-hybridized carbons (Fsp3) is 0. The molecule has 1 heteroatoms. The summed E-state index contributed by atoms with van der Waals surface area (Å²) in [6.07, 6.45) is 0. The minimum atomic E-state index is -0.105. The fourth-order valence-electron chi connectivity index (χ4n) is 6.08. The SMILES string of the molecule is [2H]c1c([2H])c(N(c2ccccc2)c2ccc(-c3cccc(-c4ccc5ccccc5c4)c3)cc2)c([2H])c([2H])c1-c1cccc(-c2ccccc2)c1. The summed E-state index contributed by atoms with van der Waals surface area (Å²) in [5.41, 5.74) is 8.94. The molecule has 0 aliphatic carbocycles. The molecule has 0 saturated carbocycles. The normalized spacial score (nSPS) is 12.2. The first-order valence-corrected chi connectivity index (χ1v) is 15.8. The van der Waals surface area contributed by atoms with Gasteiger partial charge >= 0.3 is 0 Å². The maximum atomic E-state index is 9.27. The van der Waals surface area contributed by atoms with E-state index < -0.39 is 0 Å². The summed E-state index contributed by atoms with van der Waals surface area (Å²) in [4.78, 5) is 1.82. The first kappa shape index (κ1) is 24.1. The minimum absolute atomic E-state index is 0.0840. The van der Waals surface area contributed by atoms with E-state index in [9.17, 15) is 2.74 Å². The van der Waals surface area contributed by atoms with Crippen LogP contribution in [-0.4, -0.2) is 0 Å². The Morgan fingerprint density at radius 2 is 0.723 bits per heavy atom. The summed E-state index contributed by atoms with van der Waals surface area (Å²) >= 11 is 0. The van der Waals surface area contributed by atoms with E-state index in [0.29, 0.717) is 5.56 Å². The van der Waals surface area contributed by atoms with Gasteiger partial charge in [-0.15, -0.1) is 0 Å². The number of fused-ring (bicyclic) bond motifs is 1. The van der Waals surface area contributed by atoms with Crippen molar-refractivity contribution in [1.82, 2.24) is 0 Å². The van der Waals surface area contributed by atoms with Gasteiger partial charge in [-0.3, -0.25) is 0 Å². The fourth-order valence-corrected chi connectivity index (χ4v) is 6.08. The van der Waals surface area contributed by atoms with Crippen molar-refractivity contribution in [3.8, 4) is 44.5 Å². The van der Waals surface area contributed by atoms with Gasteiger partial charge in [-0.1, -0.05) is 146 Å². The number of hydrogen-bond donors (Lipinski definition) is 0. The minimum Gasteiger partial charge on any atom is -0.311 e. The van der Waals surface area contributed by atoms with Gasteiger partial charge in [-0.25, -0.2) is 0 Å². The topological polar surface area (TPSA) is 3.24 Å². The molecule has 0 aliphatic rings. The number of rotatable bonds is 7. The number of anilines is 3. The highest BCUT2D eigenvalue weighted by molar-refractivity contribution is 5.88. The number of para-hydroxylation sites is 1. The summed E-state index contributed by atoms with van der Waals surface area (Å²) in [5, 5.41) is 2.42. The standard InChI is InChI=1S/C46H33N/c1-3-11-34(12-4-1)39-15-9-16-40(31-39)36-23-27-45(28-24-36)47(44-19-5-2-6-20-44)46-29-25-37(26-30-46)41-17-10-18-42(32-41)43-22-21-35-13-7-8-14-38(35)33-43/h1-33H/i23D,24D,27D,28D. The van der Waals surface area contributed by atoms with Crippen LogP contribution in [0.1, 0.15) is 5.48 Å². The lowest BCUT2D eigenvalue weighted by molar-refractivity contribution is 1.28. The Hall–Kier alpha value is -6.18. The molecule has 0 amide bonds. The van der Waals surface area contributed by atoms with E-state index >= 15 is 0 Å². The van der Waals surface area contributed by atoms with Crippen LogP contribution in [0.4, 0.5) is 17.1 Å². The molecule has 0 bridgehead atoms. The van der Waals surface area contributed by atoms with Gasteiger partial charge in [0.2, 0.25) is 0 Å². The van der Waals surface area contributed by atoms with E-state index in [4.69, 9.17) is 2.74 Å². The number of benzene rings is 8. The lowest BCUT2D eigenvalue weighted by atomic mass is 9.97. The van der Waals surface area contributed by atoms with Crippen molar-refractivity contribution in [1.29, 1.82) is 0 Å². The Kier molecular flexibility index (Phi) is 6.50. The Balaban J connectivity index is 1.19. The molecular weight excluding hydrogens is 567 g/mol. The quantitative estimate of drug-likeness (QED) is 0.175. The van der Waals surface area contributed by atoms with Crippen molar-refractivity contribution in [2.45, 2.75) is 0 Å². The number of nitrogens with zero attached hydrogens (tertiary/aromatic N) is 1. The van der Waals surface area contributed by atoms with Gasteiger partial charge in [0, 0.05) is 17.1 Å². The van der Waals surface area contributed by atoms with Crippen molar-refractivity contribution >= 4 is 27.8 Å². The van der Waals surface area contributed by atoms with Crippen molar-refractivity contribution in [3.63, 3.8) is 0 Å². The molecule has 0 spiro atoms. The molecule has 0 fully saturated rings. The summed E-state index contributed by atoms with van der Waals surface area (Å²) in [6, 6.07) is 58.3. The van der Waals surface area contributed by atoms with Crippen molar-refractivity contribution in [2.24, 2.45) is 0 Å². The predicted molar refractivity (Wildman–Crippen MR) is 200 cm³/mol. The Morgan fingerprint density at radius 1 is 0.277 bits per heavy atom. The second-order valence-electron chi connectivity index (χ2n) is 11.5. The third-order valence-electron chi connectivity index (χ3n) is 8.51. The Bertz CT molecular complexity index is 2480. The van der Waals surface area contributed by atoms with E-state index in [0.717, 1.165) is 44.8 Å². The zero-order valence-electron chi connectivity index (χ0n) is 29.7. The lowest BCUT2D eigenvalue weighted by Gasteiger charge is -2.26. The summed E-state index contributed by atoms with van der Waals surface area (Å²) in [5.74, 6) is 0. The molecule has 8 aromatic carbocycles. The van der Waals surface area contributed by atoms with Gasteiger partial charge in [0.1, 0.15) is 0 Å². The molecule has 0 N–H and O–H groups in total. The zero-order chi connectivity index (χ0) is 34.9. The third kappa shape index (κ3) is 5.95. The van der Waals surface area contributed by atoms with Gasteiger partial charge in [-0.2, -0.15) is 0 Å². The maximum Gasteiger partial charge on any atom is 0.0645 e. The first-order chi connectivity index (χ1) is 25.0. The first-order valence-electron chi connectivity index (χ1n) is 17.8. The van der Waals surface area contributed by atoms with Crippen molar-refractivity contribution in [3.05, 3.63) is 200 Å². The smallest absolute Gasteiger partial charge is 0.0645 e. The van der Waals surface area contributed by atoms with Gasteiger partial charge in [-0.05, 0) is 110 Å². The number of hydrogen-bond acceptors (Lipinski definition) is 1. The van der Waals surface area contributed by atoms with Crippen molar-refractivity contribution in [2.75, 3.05) is 4.90 Å². The van der Waals surface area contributed by atoms with E-state index in [1.165, 1.54) is 10.8 Å². The van der Waals surface area contributed by atoms with Crippen LogP contribution in [0.3, 0.4) is 0 Å². The monoisotopic (exact) mass is 603 g/mol. The Morgan fingerprint density at radius 3 is 1.38 bits per heavy atom. The molecule has 0 aromatic heterocycles. The second kappa shape index (κ2) is 12.7. The molecule has 222 valence electrons. The molecule has 47 heavy (non-hydrogen) atoms. The van der Waals surface area contributed by atoms with Crippen LogP contribution in [0.2, 0.25) is 0 Å². The van der Waals surface area contributed by atoms with Crippen LogP contribution in [0, 0.1) is 0 Å². The van der Waals surface area contributed by atoms with Crippen LogP contribution < -0.4 is 4.90 Å². The van der Waals surface area contributed by atoms with E-state index in [2.05, 4.69) is 66.7 Å². The van der Waals surface area contributed by atoms with E-state index in [-0.39, 0.29) is 35.4 Å².